The predicted molar refractivity (Wildman–Crippen MR) is 46.6 cm³/mol. The van der Waals surface area contributed by atoms with Crippen LogP contribution in [0, 0.1) is 0 Å². The Kier molecular flexibility index (Phi) is 3.54. The van der Waals surface area contributed by atoms with E-state index in [0.717, 1.165) is 19.4 Å². The lowest BCUT2D eigenvalue weighted by Crippen LogP contribution is -2.08. The van der Waals surface area contributed by atoms with E-state index < -0.39 is 18.0 Å². The third-order valence-electron chi connectivity index (χ3n) is 1.76. The molecule has 6 heteroatoms. The normalized spacial score (nSPS) is 10.4. The van der Waals surface area contributed by atoms with Crippen molar-refractivity contribution in [2.24, 2.45) is 0 Å². The number of hydrogen-bond donors (Lipinski definition) is 1. The van der Waals surface area contributed by atoms with Crippen LogP contribution in [0.5, 0.6) is 5.75 Å². The first-order valence-electron chi connectivity index (χ1n) is 4.07. The number of aromatic hydroxyl groups is 1. The molecule has 0 aliphatic heterocycles. The zero-order valence-corrected chi connectivity index (χ0v) is 7.91. The van der Waals surface area contributed by atoms with Crippen molar-refractivity contribution in [1.29, 1.82) is 0 Å². The minimum Gasteiger partial charge on any atom is -0.506 e. The van der Waals surface area contributed by atoms with Crippen LogP contribution in [-0.2, 0) is 16.0 Å². The van der Waals surface area contributed by atoms with E-state index in [2.05, 4.69) is 9.72 Å². The zero-order chi connectivity index (χ0) is 11.4. The van der Waals surface area contributed by atoms with Gasteiger partial charge in [-0.05, 0) is 6.07 Å². The standard InChI is InChI=1S/C9H9F2NO3/c1-15-8(14)3-7-6(9(10)11)2-5(13)4-12-7/h2,4,9,13H,3H2,1H3. The summed E-state index contributed by atoms with van der Waals surface area (Å²) in [5, 5.41) is 8.97. The highest BCUT2D eigenvalue weighted by Crippen LogP contribution is 2.25. The summed E-state index contributed by atoms with van der Waals surface area (Å²) in [5.74, 6) is -1.02. The number of carbonyl (C=O) groups is 1. The van der Waals surface area contributed by atoms with Crippen LogP contribution in [0.25, 0.3) is 0 Å². The molecule has 0 unspecified atom stereocenters. The van der Waals surface area contributed by atoms with E-state index in [0.29, 0.717) is 0 Å². The minimum absolute atomic E-state index is 0.0883. The predicted octanol–water partition coefficient (Wildman–Crippen LogP) is 1.44. The SMILES string of the molecule is COC(=O)Cc1ncc(O)cc1C(F)F. The molecule has 0 atom stereocenters. The number of carbonyl (C=O) groups excluding carboxylic acids is 1. The van der Waals surface area contributed by atoms with Crippen molar-refractivity contribution in [2.75, 3.05) is 7.11 Å². The molecular formula is C9H9F2NO3. The molecule has 1 heterocycles. The Morgan fingerprint density at radius 2 is 2.33 bits per heavy atom. The summed E-state index contributed by atoms with van der Waals surface area (Å²) in [6.45, 7) is 0. The number of pyridine rings is 1. The number of esters is 1. The first-order chi connectivity index (χ1) is 7.04. The fraction of sp³-hybridized carbons (Fsp3) is 0.333. The molecule has 1 aromatic rings. The molecule has 0 fully saturated rings. The molecule has 0 radical (unpaired) electrons. The molecule has 0 aromatic carbocycles. The zero-order valence-electron chi connectivity index (χ0n) is 7.91. The van der Waals surface area contributed by atoms with E-state index in [1.807, 2.05) is 0 Å². The maximum Gasteiger partial charge on any atom is 0.311 e. The van der Waals surface area contributed by atoms with E-state index in [1.165, 1.54) is 0 Å². The van der Waals surface area contributed by atoms with Gasteiger partial charge in [0.2, 0.25) is 0 Å². The summed E-state index contributed by atoms with van der Waals surface area (Å²) >= 11 is 0. The molecule has 4 nitrogen and oxygen atoms in total. The molecule has 0 amide bonds. The van der Waals surface area contributed by atoms with Crippen LogP contribution in [0.1, 0.15) is 17.7 Å². The van der Waals surface area contributed by atoms with Gasteiger partial charge in [0.25, 0.3) is 6.43 Å². The maximum atomic E-state index is 12.5. The molecule has 0 saturated carbocycles. The van der Waals surface area contributed by atoms with Crippen molar-refractivity contribution in [3.63, 3.8) is 0 Å². The number of methoxy groups -OCH3 is 1. The van der Waals surface area contributed by atoms with Crippen LogP contribution in [-0.4, -0.2) is 23.2 Å². The van der Waals surface area contributed by atoms with Gasteiger partial charge in [-0.3, -0.25) is 9.78 Å². The number of rotatable bonds is 3. The Morgan fingerprint density at radius 1 is 1.67 bits per heavy atom. The van der Waals surface area contributed by atoms with Crippen molar-refractivity contribution in [3.05, 3.63) is 23.5 Å². The average molecular weight is 217 g/mol. The average Bonchev–Trinajstić information content (AvgIpc) is 2.20. The van der Waals surface area contributed by atoms with Crippen molar-refractivity contribution in [1.82, 2.24) is 4.98 Å². The van der Waals surface area contributed by atoms with Crippen LogP contribution < -0.4 is 0 Å². The second-order valence-corrected chi connectivity index (χ2v) is 2.78. The summed E-state index contributed by atoms with van der Waals surface area (Å²) < 4.78 is 29.3. The van der Waals surface area contributed by atoms with Gasteiger partial charge in [-0.2, -0.15) is 0 Å². The summed E-state index contributed by atoms with van der Waals surface area (Å²) in [6, 6.07) is 0.885. The van der Waals surface area contributed by atoms with Crippen LogP contribution in [0.15, 0.2) is 12.3 Å². The van der Waals surface area contributed by atoms with E-state index in [9.17, 15) is 13.6 Å². The number of hydrogen-bond acceptors (Lipinski definition) is 4. The fourth-order valence-electron chi connectivity index (χ4n) is 1.04. The Balaban J connectivity index is 3.00. The third-order valence-corrected chi connectivity index (χ3v) is 1.76. The van der Waals surface area contributed by atoms with Gasteiger partial charge >= 0.3 is 5.97 Å². The van der Waals surface area contributed by atoms with Crippen molar-refractivity contribution >= 4 is 5.97 Å². The molecule has 0 spiro atoms. The van der Waals surface area contributed by atoms with Crippen LogP contribution in [0.3, 0.4) is 0 Å². The lowest BCUT2D eigenvalue weighted by atomic mass is 10.1. The van der Waals surface area contributed by atoms with Crippen molar-refractivity contribution < 1.29 is 23.4 Å². The van der Waals surface area contributed by atoms with Crippen LogP contribution in [0.4, 0.5) is 8.78 Å². The first-order valence-corrected chi connectivity index (χ1v) is 4.07. The first kappa shape index (κ1) is 11.4. The number of aromatic nitrogens is 1. The second kappa shape index (κ2) is 4.68. The van der Waals surface area contributed by atoms with Gasteiger partial charge in [0.15, 0.2) is 0 Å². The minimum atomic E-state index is -2.79. The Bertz CT molecular complexity index is 368. The van der Waals surface area contributed by atoms with E-state index in [4.69, 9.17) is 5.11 Å². The van der Waals surface area contributed by atoms with Gasteiger partial charge in [-0.25, -0.2) is 8.78 Å². The smallest absolute Gasteiger partial charge is 0.311 e. The van der Waals surface area contributed by atoms with Crippen molar-refractivity contribution in [2.45, 2.75) is 12.8 Å². The molecule has 1 N–H and O–H groups in total. The molecular weight excluding hydrogens is 208 g/mol. The number of ether oxygens (including phenoxy) is 1. The molecule has 82 valence electrons. The highest BCUT2D eigenvalue weighted by molar-refractivity contribution is 5.72. The van der Waals surface area contributed by atoms with Gasteiger partial charge < -0.3 is 9.84 Å². The highest BCUT2D eigenvalue weighted by Gasteiger charge is 2.17. The molecule has 0 saturated heterocycles. The topological polar surface area (TPSA) is 59.4 Å². The molecule has 1 aromatic heterocycles. The molecule has 0 bridgehead atoms. The third kappa shape index (κ3) is 2.87. The summed E-state index contributed by atoms with van der Waals surface area (Å²) in [5.41, 5.74) is -0.546. The quantitative estimate of drug-likeness (QED) is 0.778. The van der Waals surface area contributed by atoms with Crippen molar-refractivity contribution in [3.8, 4) is 5.75 Å². The molecule has 0 aliphatic carbocycles. The van der Waals surface area contributed by atoms with Gasteiger partial charge in [-0.15, -0.1) is 0 Å². The summed E-state index contributed by atoms with van der Waals surface area (Å²) in [4.78, 5) is 14.4. The van der Waals surface area contributed by atoms with Crippen LogP contribution >= 0.6 is 0 Å². The van der Waals surface area contributed by atoms with Gasteiger partial charge in [0.05, 0.1) is 25.4 Å². The maximum absolute atomic E-state index is 12.5. The molecule has 0 aliphatic rings. The largest absolute Gasteiger partial charge is 0.506 e. The summed E-state index contributed by atoms with van der Waals surface area (Å²) in [7, 11) is 1.16. The monoisotopic (exact) mass is 217 g/mol. The van der Waals surface area contributed by atoms with E-state index in [-0.39, 0.29) is 17.9 Å². The number of halogens is 2. The lowest BCUT2D eigenvalue weighted by molar-refractivity contribution is -0.139. The van der Waals surface area contributed by atoms with Gasteiger partial charge in [0.1, 0.15) is 5.75 Å². The molecule has 1 rings (SSSR count). The van der Waals surface area contributed by atoms with E-state index >= 15 is 0 Å². The van der Waals surface area contributed by atoms with Crippen LogP contribution in [0.2, 0.25) is 0 Å². The van der Waals surface area contributed by atoms with Gasteiger partial charge in [0, 0.05) is 5.56 Å². The Hall–Kier alpha value is -1.72. The Morgan fingerprint density at radius 3 is 2.87 bits per heavy atom. The fourth-order valence-corrected chi connectivity index (χ4v) is 1.04. The number of alkyl halides is 2. The van der Waals surface area contributed by atoms with Gasteiger partial charge in [-0.1, -0.05) is 0 Å². The highest BCUT2D eigenvalue weighted by atomic mass is 19.3. The Labute approximate surface area is 84.5 Å². The number of nitrogens with zero attached hydrogens (tertiary/aromatic N) is 1. The molecule has 15 heavy (non-hydrogen) atoms. The van der Waals surface area contributed by atoms with E-state index in [1.54, 1.807) is 0 Å². The second-order valence-electron chi connectivity index (χ2n) is 2.78. The summed E-state index contributed by atoms with van der Waals surface area (Å²) in [6.07, 6.45) is -2.12. The lowest BCUT2D eigenvalue weighted by Gasteiger charge is -2.06.